The summed E-state index contributed by atoms with van der Waals surface area (Å²) in [6.07, 6.45) is 0. The van der Waals surface area contributed by atoms with Gasteiger partial charge in [-0.2, -0.15) is 4.72 Å². The molecule has 25 heavy (non-hydrogen) atoms. The highest BCUT2D eigenvalue weighted by atomic mass is 32.2. The number of aryl methyl sites for hydroxylation is 1. The fourth-order valence-electron chi connectivity index (χ4n) is 3.04. The normalized spacial score (nSPS) is 17.3. The largest absolute Gasteiger partial charge is 0.370 e. The molecule has 1 heterocycles. The Bertz CT molecular complexity index is 770. The van der Waals surface area contributed by atoms with Gasteiger partial charge in [0.2, 0.25) is 10.0 Å². The average molecular weight is 361 g/mol. The van der Waals surface area contributed by atoms with Crippen molar-refractivity contribution in [2.45, 2.75) is 17.9 Å². The number of nitrogens with one attached hydrogen (secondary N) is 2. The van der Waals surface area contributed by atoms with Crippen molar-refractivity contribution in [2.24, 2.45) is 0 Å². The van der Waals surface area contributed by atoms with Crippen LogP contribution < -0.4 is 9.62 Å². The van der Waals surface area contributed by atoms with Crippen LogP contribution in [0.5, 0.6) is 0 Å². The summed E-state index contributed by atoms with van der Waals surface area (Å²) in [6, 6.07) is 16.5. The lowest BCUT2D eigenvalue weighted by molar-refractivity contribution is -0.909. The Hall–Kier alpha value is -1.73. The number of benzene rings is 2. The Kier molecular flexibility index (Phi) is 5.86. The summed E-state index contributed by atoms with van der Waals surface area (Å²) in [7, 11) is -3.57. The molecule has 134 valence electrons. The quantitative estimate of drug-likeness (QED) is 0.805. The topological polar surface area (TPSA) is 59.8 Å². The molecule has 0 aromatic heterocycles. The molecule has 2 N–H and O–H groups in total. The van der Waals surface area contributed by atoms with Crippen molar-refractivity contribution < 1.29 is 18.1 Å². The molecule has 1 saturated heterocycles. The van der Waals surface area contributed by atoms with E-state index in [4.69, 9.17) is 4.74 Å². The predicted octanol–water partition coefficient (Wildman–Crippen LogP) is 0.930. The molecule has 0 amide bonds. The van der Waals surface area contributed by atoms with E-state index in [2.05, 4.69) is 4.72 Å². The highest BCUT2D eigenvalue weighted by Crippen LogP contribution is 2.17. The lowest BCUT2D eigenvalue weighted by Gasteiger charge is -2.28. The number of sulfonamides is 1. The van der Waals surface area contributed by atoms with Crippen LogP contribution >= 0.6 is 0 Å². The zero-order chi connectivity index (χ0) is 17.7. The smallest absolute Gasteiger partial charge is 0.241 e. The Morgan fingerprint density at radius 3 is 2.32 bits per heavy atom. The highest BCUT2D eigenvalue weighted by Gasteiger charge is 2.26. The number of ether oxygens (including phenoxy) is 1. The maximum atomic E-state index is 12.8. The molecular formula is C19H25N2O3S+. The number of hydrogen-bond donors (Lipinski definition) is 2. The molecule has 1 aliphatic rings. The SMILES string of the molecule is Cc1ccc(S(=O)(=O)N[C@@H](C[NH+]2CCOCC2)c2ccccc2)cc1. The first-order valence-electron chi connectivity index (χ1n) is 8.60. The summed E-state index contributed by atoms with van der Waals surface area (Å²) in [5.74, 6) is 0. The maximum Gasteiger partial charge on any atom is 0.241 e. The minimum atomic E-state index is -3.57. The van der Waals surface area contributed by atoms with E-state index in [1.807, 2.05) is 49.4 Å². The molecule has 0 bridgehead atoms. The molecule has 0 saturated carbocycles. The van der Waals surface area contributed by atoms with Crippen molar-refractivity contribution in [3.63, 3.8) is 0 Å². The van der Waals surface area contributed by atoms with Gasteiger partial charge >= 0.3 is 0 Å². The van der Waals surface area contributed by atoms with E-state index in [9.17, 15) is 8.42 Å². The molecule has 5 nitrogen and oxygen atoms in total. The van der Waals surface area contributed by atoms with E-state index < -0.39 is 10.0 Å². The van der Waals surface area contributed by atoms with E-state index in [0.717, 1.165) is 37.4 Å². The van der Waals surface area contributed by atoms with Gasteiger partial charge in [-0.05, 0) is 24.6 Å². The van der Waals surface area contributed by atoms with Crippen molar-refractivity contribution in [3.8, 4) is 0 Å². The van der Waals surface area contributed by atoms with Crippen molar-refractivity contribution in [2.75, 3.05) is 32.8 Å². The van der Waals surface area contributed by atoms with Gasteiger partial charge in [0.05, 0.1) is 30.7 Å². The second kappa shape index (κ2) is 8.10. The second-order valence-corrected chi connectivity index (χ2v) is 8.18. The van der Waals surface area contributed by atoms with Crippen LogP contribution in [0.15, 0.2) is 59.5 Å². The van der Waals surface area contributed by atoms with E-state index >= 15 is 0 Å². The van der Waals surface area contributed by atoms with Crippen LogP contribution in [0, 0.1) is 6.92 Å². The van der Waals surface area contributed by atoms with Gasteiger partial charge in [-0.3, -0.25) is 0 Å². The minimum absolute atomic E-state index is 0.263. The third-order valence-corrected chi connectivity index (χ3v) is 6.01. The Labute approximate surface area is 149 Å². The molecule has 6 heteroatoms. The van der Waals surface area contributed by atoms with Gasteiger partial charge in [0.1, 0.15) is 13.1 Å². The second-order valence-electron chi connectivity index (χ2n) is 6.46. The van der Waals surface area contributed by atoms with Crippen molar-refractivity contribution in [3.05, 3.63) is 65.7 Å². The van der Waals surface area contributed by atoms with Gasteiger partial charge in [-0.25, -0.2) is 8.42 Å². The van der Waals surface area contributed by atoms with Crippen molar-refractivity contribution in [1.82, 2.24) is 4.72 Å². The molecule has 0 radical (unpaired) electrons. The van der Waals surface area contributed by atoms with Crippen LogP contribution in [-0.4, -0.2) is 41.3 Å². The van der Waals surface area contributed by atoms with Gasteiger partial charge < -0.3 is 9.64 Å². The average Bonchev–Trinajstić information content (AvgIpc) is 2.63. The standard InChI is InChI=1S/C19H24N2O3S/c1-16-7-9-18(10-8-16)25(22,23)20-19(17-5-3-2-4-6-17)15-21-11-13-24-14-12-21/h2-10,19-20H,11-15H2,1H3/p+1/t19-/m0/s1. The fourth-order valence-corrected chi connectivity index (χ4v) is 4.26. The summed E-state index contributed by atoms with van der Waals surface area (Å²) in [5.41, 5.74) is 2.02. The first kappa shape index (κ1) is 18.1. The summed E-state index contributed by atoms with van der Waals surface area (Å²) in [4.78, 5) is 1.66. The van der Waals surface area contributed by atoms with E-state index in [-0.39, 0.29) is 6.04 Å². The zero-order valence-electron chi connectivity index (χ0n) is 14.4. The third-order valence-electron chi connectivity index (χ3n) is 4.52. The molecule has 1 aliphatic heterocycles. The summed E-state index contributed by atoms with van der Waals surface area (Å²) < 4.78 is 34.0. The maximum absolute atomic E-state index is 12.8. The van der Waals surface area contributed by atoms with Crippen LogP contribution in [0.1, 0.15) is 17.2 Å². The molecule has 1 atom stereocenters. The van der Waals surface area contributed by atoms with Crippen LogP contribution in [0.2, 0.25) is 0 Å². The lowest BCUT2D eigenvalue weighted by atomic mass is 10.1. The van der Waals surface area contributed by atoms with E-state index in [1.165, 1.54) is 4.90 Å². The molecule has 2 aromatic carbocycles. The number of hydrogen-bond acceptors (Lipinski definition) is 3. The molecule has 0 unspecified atom stereocenters. The summed E-state index contributed by atoms with van der Waals surface area (Å²) in [5, 5.41) is 0. The van der Waals surface area contributed by atoms with Crippen LogP contribution in [0.3, 0.4) is 0 Å². The first-order valence-corrected chi connectivity index (χ1v) is 10.1. The van der Waals surface area contributed by atoms with Crippen LogP contribution in [0.25, 0.3) is 0 Å². The van der Waals surface area contributed by atoms with Crippen LogP contribution in [0.4, 0.5) is 0 Å². The van der Waals surface area contributed by atoms with Crippen molar-refractivity contribution in [1.29, 1.82) is 0 Å². The van der Waals surface area contributed by atoms with Gasteiger partial charge in [0.15, 0.2) is 0 Å². The molecule has 1 fully saturated rings. The summed E-state index contributed by atoms with van der Waals surface area (Å²) >= 11 is 0. The molecule has 2 aromatic rings. The Balaban J connectivity index is 1.82. The molecule has 3 rings (SSSR count). The van der Waals surface area contributed by atoms with E-state index in [0.29, 0.717) is 11.4 Å². The van der Waals surface area contributed by atoms with Crippen LogP contribution in [-0.2, 0) is 14.8 Å². The fraction of sp³-hybridized carbons (Fsp3) is 0.368. The van der Waals surface area contributed by atoms with Gasteiger partial charge in [0.25, 0.3) is 0 Å². The Morgan fingerprint density at radius 2 is 1.68 bits per heavy atom. The van der Waals surface area contributed by atoms with Gasteiger partial charge in [-0.15, -0.1) is 0 Å². The molecule has 0 spiro atoms. The predicted molar refractivity (Wildman–Crippen MR) is 97.1 cm³/mol. The first-order chi connectivity index (χ1) is 12.0. The van der Waals surface area contributed by atoms with E-state index in [1.54, 1.807) is 12.1 Å². The molecular weight excluding hydrogens is 336 g/mol. The third kappa shape index (κ3) is 4.89. The van der Waals surface area contributed by atoms with Crippen molar-refractivity contribution >= 4 is 10.0 Å². The lowest BCUT2D eigenvalue weighted by Crippen LogP contribution is -3.14. The van der Waals surface area contributed by atoms with Gasteiger partial charge in [-0.1, -0.05) is 48.0 Å². The number of rotatable bonds is 6. The number of morpholine rings is 1. The van der Waals surface area contributed by atoms with Gasteiger partial charge in [0, 0.05) is 0 Å². The highest BCUT2D eigenvalue weighted by molar-refractivity contribution is 7.89. The Morgan fingerprint density at radius 1 is 1.04 bits per heavy atom. The zero-order valence-corrected chi connectivity index (χ0v) is 15.3. The molecule has 0 aliphatic carbocycles. The monoisotopic (exact) mass is 361 g/mol. The summed E-state index contributed by atoms with van der Waals surface area (Å²) in [6.45, 7) is 5.89. The minimum Gasteiger partial charge on any atom is -0.370 e. The number of quaternary nitrogens is 1.